The third kappa shape index (κ3) is 3.47. The van der Waals surface area contributed by atoms with Gasteiger partial charge in [-0.25, -0.2) is 4.68 Å². The minimum Gasteiger partial charge on any atom is -0.366 e. The molecule has 1 aromatic carbocycles. The number of hydrogen-bond acceptors (Lipinski definition) is 6. The molecule has 0 saturated carbocycles. The van der Waals surface area contributed by atoms with Gasteiger partial charge in [0.15, 0.2) is 0 Å². The monoisotopic (exact) mass is 417 g/mol. The number of carbonyl (C=O) groups is 1. The number of nitrogens with two attached hydrogens (primary N) is 1. The lowest BCUT2D eigenvalue weighted by Gasteiger charge is -2.26. The molecular formula is C18H16ClN5OS2. The zero-order valence-corrected chi connectivity index (χ0v) is 16.7. The highest BCUT2D eigenvalue weighted by atomic mass is 35.5. The Kier molecular flexibility index (Phi) is 4.94. The molecule has 138 valence electrons. The molecule has 0 radical (unpaired) electrons. The number of nitrogens with zero attached hydrogens (tertiary/aromatic N) is 3. The number of halogens is 1. The zero-order valence-electron chi connectivity index (χ0n) is 14.3. The second kappa shape index (κ2) is 7.38. The molecule has 1 amide bonds. The van der Waals surface area contributed by atoms with Crippen molar-refractivity contribution in [3.63, 3.8) is 0 Å². The van der Waals surface area contributed by atoms with E-state index in [2.05, 4.69) is 15.4 Å². The lowest BCUT2D eigenvalue weighted by Crippen LogP contribution is -2.31. The molecule has 0 saturated heterocycles. The van der Waals surface area contributed by atoms with Crippen molar-refractivity contribution >= 4 is 46.6 Å². The van der Waals surface area contributed by atoms with Crippen molar-refractivity contribution in [2.24, 2.45) is 5.73 Å². The Morgan fingerprint density at radius 3 is 2.89 bits per heavy atom. The molecular weight excluding hydrogens is 402 g/mol. The molecule has 3 N–H and O–H groups in total. The lowest BCUT2D eigenvalue weighted by molar-refractivity contribution is -0.115. The molecule has 2 aromatic heterocycles. The molecule has 0 aliphatic carbocycles. The number of hydrogen-bond donors (Lipinski definition) is 2. The van der Waals surface area contributed by atoms with Crippen molar-refractivity contribution in [2.45, 2.75) is 23.9 Å². The van der Waals surface area contributed by atoms with Crippen molar-refractivity contribution in [2.75, 3.05) is 5.32 Å². The molecule has 9 heteroatoms. The zero-order chi connectivity index (χ0) is 19.0. The van der Waals surface area contributed by atoms with Gasteiger partial charge in [0.2, 0.25) is 17.0 Å². The van der Waals surface area contributed by atoms with Gasteiger partial charge in [0.1, 0.15) is 6.04 Å². The fourth-order valence-corrected chi connectivity index (χ4v) is 4.91. The Morgan fingerprint density at radius 1 is 1.37 bits per heavy atom. The maximum absolute atomic E-state index is 12.1. The first-order valence-electron chi connectivity index (χ1n) is 8.18. The van der Waals surface area contributed by atoms with Gasteiger partial charge in [-0.2, -0.15) is 4.98 Å². The standard InChI is InChI=1S/C18H16ClN5OS2/c1-10-14(16(20)25)15(13-7-4-8-26-13)24-17(21-10)22-18(23-24)27-9-11-5-2-3-6-12(11)19/h2-8,15H,9H2,1H3,(H2,20,25)(H,21,22,23)/t15-/m1/s1. The Balaban J connectivity index is 1.67. The van der Waals surface area contributed by atoms with Crippen LogP contribution in [0, 0.1) is 0 Å². The minimum absolute atomic E-state index is 0.374. The van der Waals surface area contributed by atoms with E-state index in [4.69, 9.17) is 17.3 Å². The Labute approximate surface area is 169 Å². The first kappa shape index (κ1) is 18.1. The van der Waals surface area contributed by atoms with Crippen LogP contribution in [0.5, 0.6) is 0 Å². The average Bonchev–Trinajstić information content (AvgIpc) is 3.29. The van der Waals surface area contributed by atoms with Crippen LogP contribution in [0.25, 0.3) is 0 Å². The second-order valence-corrected chi connectivity index (χ2v) is 8.32. The summed E-state index contributed by atoms with van der Waals surface area (Å²) in [4.78, 5) is 17.6. The summed E-state index contributed by atoms with van der Waals surface area (Å²) in [5.74, 6) is 0.782. The Bertz CT molecular complexity index is 1030. The number of thioether (sulfide) groups is 1. The fraction of sp³-hybridized carbons (Fsp3) is 0.167. The minimum atomic E-state index is -0.468. The second-order valence-electron chi connectivity index (χ2n) is 5.99. The number of primary amides is 1. The smallest absolute Gasteiger partial charge is 0.248 e. The summed E-state index contributed by atoms with van der Waals surface area (Å²) in [6.07, 6.45) is 0. The van der Waals surface area contributed by atoms with Gasteiger partial charge in [0.05, 0.1) is 5.57 Å². The lowest BCUT2D eigenvalue weighted by atomic mass is 10.0. The summed E-state index contributed by atoms with van der Waals surface area (Å²) in [7, 11) is 0. The van der Waals surface area contributed by atoms with E-state index < -0.39 is 5.91 Å². The van der Waals surface area contributed by atoms with Crippen molar-refractivity contribution in [3.8, 4) is 0 Å². The Hall–Kier alpha value is -2.29. The van der Waals surface area contributed by atoms with Crippen LogP contribution in [0.4, 0.5) is 5.95 Å². The molecule has 1 aliphatic heterocycles. The summed E-state index contributed by atoms with van der Waals surface area (Å²) in [6.45, 7) is 1.83. The molecule has 0 spiro atoms. The number of allylic oxidation sites excluding steroid dienone is 1. The van der Waals surface area contributed by atoms with E-state index in [1.165, 1.54) is 11.8 Å². The number of nitrogens with one attached hydrogen (secondary N) is 1. The van der Waals surface area contributed by atoms with Gasteiger partial charge >= 0.3 is 0 Å². The number of carbonyl (C=O) groups excluding carboxylic acids is 1. The van der Waals surface area contributed by atoms with Crippen LogP contribution >= 0.6 is 34.7 Å². The normalized spacial score (nSPS) is 16.1. The van der Waals surface area contributed by atoms with E-state index >= 15 is 0 Å². The number of thiophene rings is 1. The van der Waals surface area contributed by atoms with Crippen LogP contribution in [0.2, 0.25) is 5.02 Å². The molecule has 1 atom stereocenters. The maximum Gasteiger partial charge on any atom is 0.248 e. The van der Waals surface area contributed by atoms with Crippen LogP contribution in [0.15, 0.2) is 58.2 Å². The molecule has 3 aromatic rings. The summed E-state index contributed by atoms with van der Waals surface area (Å²) >= 11 is 9.27. The quantitative estimate of drug-likeness (QED) is 0.611. The predicted molar refractivity (Wildman–Crippen MR) is 109 cm³/mol. The number of anilines is 1. The highest BCUT2D eigenvalue weighted by molar-refractivity contribution is 7.98. The van der Waals surface area contributed by atoms with E-state index in [1.54, 1.807) is 16.0 Å². The third-order valence-corrected chi connectivity index (χ3v) is 6.41. The molecule has 27 heavy (non-hydrogen) atoms. The van der Waals surface area contributed by atoms with Gasteiger partial charge in [-0.3, -0.25) is 4.79 Å². The predicted octanol–water partition coefficient (Wildman–Crippen LogP) is 4.06. The largest absolute Gasteiger partial charge is 0.366 e. The molecule has 0 fully saturated rings. The van der Waals surface area contributed by atoms with E-state index in [0.717, 1.165) is 15.5 Å². The van der Waals surface area contributed by atoms with E-state index in [9.17, 15) is 4.79 Å². The summed E-state index contributed by atoms with van der Waals surface area (Å²) in [5.41, 5.74) is 7.87. The average molecular weight is 418 g/mol. The van der Waals surface area contributed by atoms with Crippen molar-refractivity contribution in [1.29, 1.82) is 0 Å². The van der Waals surface area contributed by atoms with Gasteiger partial charge in [-0.15, -0.1) is 16.4 Å². The van der Waals surface area contributed by atoms with Crippen molar-refractivity contribution < 1.29 is 4.79 Å². The highest BCUT2D eigenvalue weighted by Crippen LogP contribution is 2.38. The Morgan fingerprint density at radius 2 is 2.19 bits per heavy atom. The van der Waals surface area contributed by atoms with Gasteiger partial charge in [-0.1, -0.05) is 47.6 Å². The van der Waals surface area contributed by atoms with Crippen LogP contribution in [-0.2, 0) is 10.5 Å². The molecule has 0 bridgehead atoms. The SMILES string of the molecule is CC1=C(C(N)=O)[C@@H](c2cccs2)n2nc(SCc3ccccc3Cl)nc2N1. The molecule has 3 heterocycles. The number of benzene rings is 1. The molecule has 1 aliphatic rings. The molecule has 6 nitrogen and oxygen atoms in total. The van der Waals surface area contributed by atoms with Gasteiger partial charge in [0.25, 0.3) is 0 Å². The van der Waals surface area contributed by atoms with E-state index in [0.29, 0.717) is 28.1 Å². The van der Waals surface area contributed by atoms with E-state index in [1.807, 2.05) is 48.7 Å². The topological polar surface area (TPSA) is 85.8 Å². The van der Waals surface area contributed by atoms with Crippen LogP contribution in [-0.4, -0.2) is 20.7 Å². The number of fused-ring (bicyclic) bond motifs is 1. The number of amides is 1. The number of rotatable bonds is 5. The van der Waals surface area contributed by atoms with Crippen LogP contribution < -0.4 is 11.1 Å². The molecule has 0 unspecified atom stereocenters. The summed E-state index contributed by atoms with van der Waals surface area (Å²) in [6, 6.07) is 11.2. The van der Waals surface area contributed by atoms with Crippen LogP contribution in [0.3, 0.4) is 0 Å². The summed E-state index contributed by atoms with van der Waals surface area (Å²) < 4.78 is 1.73. The highest BCUT2D eigenvalue weighted by Gasteiger charge is 2.33. The van der Waals surface area contributed by atoms with E-state index in [-0.39, 0.29) is 6.04 Å². The summed E-state index contributed by atoms with van der Waals surface area (Å²) in [5, 5.41) is 11.1. The maximum atomic E-state index is 12.1. The molecule has 4 rings (SSSR count). The van der Waals surface area contributed by atoms with Crippen LogP contribution in [0.1, 0.15) is 23.4 Å². The van der Waals surface area contributed by atoms with Gasteiger partial charge in [-0.05, 0) is 30.0 Å². The van der Waals surface area contributed by atoms with Crippen molar-refractivity contribution in [3.05, 3.63) is 68.5 Å². The first-order valence-corrected chi connectivity index (χ1v) is 10.4. The third-order valence-electron chi connectivity index (χ3n) is 4.23. The van der Waals surface area contributed by atoms with Crippen molar-refractivity contribution in [1.82, 2.24) is 14.8 Å². The fourth-order valence-electron chi connectivity index (χ4n) is 2.98. The first-order chi connectivity index (χ1) is 13.0. The van der Waals surface area contributed by atoms with Gasteiger partial charge < -0.3 is 11.1 Å². The number of aromatic nitrogens is 3. The van der Waals surface area contributed by atoms with Gasteiger partial charge in [0, 0.05) is 21.3 Å².